The van der Waals surface area contributed by atoms with E-state index < -0.39 is 23.0 Å². The Labute approximate surface area is 114 Å². The first-order chi connectivity index (χ1) is 9.41. The Morgan fingerprint density at radius 2 is 1.95 bits per heavy atom. The van der Waals surface area contributed by atoms with Gasteiger partial charge >= 0.3 is 12.1 Å². The number of rotatable bonds is 3. The zero-order valence-corrected chi connectivity index (χ0v) is 10.7. The number of alkyl halides is 3. The minimum atomic E-state index is -4.37. The molecular weight excluding hydrogens is 271 g/mol. The standard InChI is InChI=1S/C14H14F3NO2/c15-14(16,17)13-7-12(13,8-18-9-13)11(19)20-6-10-4-2-1-3-5-10/h1-5,18H,6-9H2/t12-,13-/m1/s1. The second kappa shape index (κ2) is 4.22. The van der Waals surface area contributed by atoms with E-state index in [-0.39, 0.29) is 26.1 Å². The van der Waals surface area contributed by atoms with E-state index in [9.17, 15) is 18.0 Å². The molecule has 108 valence electrons. The van der Waals surface area contributed by atoms with Gasteiger partial charge in [-0.3, -0.25) is 4.79 Å². The number of hydrogen-bond donors (Lipinski definition) is 1. The molecule has 1 aliphatic heterocycles. The highest BCUT2D eigenvalue weighted by molar-refractivity contribution is 5.83. The van der Waals surface area contributed by atoms with Crippen LogP contribution in [0.25, 0.3) is 0 Å². The van der Waals surface area contributed by atoms with Gasteiger partial charge in [0.2, 0.25) is 0 Å². The highest BCUT2D eigenvalue weighted by atomic mass is 19.4. The number of ether oxygens (including phenoxy) is 1. The van der Waals surface area contributed by atoms with Crippen molar-refractivity contribution in [2.45, 2.75) is 19.2 Å². The number of benzene rings is 1. The Morgan fingerprint density at radius 3 is 2.55 bits per heavy atom. The molecule has 1 saturated heterocycles. The van der Waals surface area contributed by atoms with Crippen molar-refractivity contribution < 1.29 is 22.7 Å². The fraction of sp³-hybridized carbons (Fsp3) is 0.500. The zero-order valence-electron chi connectivity index (χ0n) is 10.7. The molecule has 1 aliphatic carbocycles. The molecule has 0 unspecified atom stereocenters. The van der Waals surface area contributed by atoms with E-state index in [0.717, 1.165) is 5.56 Å². The van der Waals surface area contributed by atoms with E-state index in [1.54, 1.807) is 24.3 Å². The third kappa shape index (κ3) is 1.74. The molecule has 0 bridgehead atoms. The number of esters is 1. The van der Waals surface area contributed by atoms with Gasteiger partial charge < -0.3 is 10.1 Å². The van der Waals surface area contributed by atoms with Gasteiger partial charge in [0, 0.05) is 13.1 Å². The molecule has 0 amide bonds. The Kier molecular flexibility index (Phi) is 2.83. The largest absolute Gasteiger partial charge is 0.460 e. The number of carbonyl (C=O) groups is 1. The monoisotopic (exact) mass is 285 g/mol. The van der Waals surface area contributed by atoms with Gasteiger partial charge in [0.25, 0.3) is 0 Å². The van der Waals surface area contributed by atoms with E-state index in [0.29, 0.717) is 0 Å². The normalized spacial score (nSPS) is 31.8. The third-order valence-electron chi connectivity index (χ3n) is 4.39. The number of piperidine rings is 1. The van der Waals surface area contributed by atoms with E-state index in [2.05, 4.69) is 5.32 Å². The van der Waals surface area contributed by atoms with Gasteiger partial charge in [-0.25, -0.2) is 0 Å². The summed E-state index contributed by atoms with van der Waals surface area (Å²) in [5, 5.41) is 2.67. The maximum absolute atomic E-state index is 13.1. The Balaban J connectivity index is 1.70. The van der Waals surface area contributed by atoms with Crippen molar-refractivity contribution in [1.82, 2.24) is 5.32 Å². The average molecular weight is 285 g/mol. The predicted octanol–water partition coefficient (Wildman–Crippen LogP) is 2.27. The van der Waals surface area contributed by atoms with Crippen LogP contribution in [0, 0.1) is 10.8 Å². The maximum atomic E-state index is 13.1. The Morgan fingerprint density at radius 1 is 1.25 bits per heavy atom. The molecule has 0 radical (unpaired) electrons. The summed E-state index contributed by atoms with van der Waals surface area (Å²) < 4.78 is 44.4. The molecule has 2 atom stereocenters. The summed E-state index contributed by atoms with van der Waals surface area (Å²) in [6.07, 6.45) is -4.54. The van der Waals surface area contributed by atoms with Crippen molar-refractivity contribution in [2.24, 2.45) is 10.8 Å². The molecule has 0 aromatic heterocycles. The Hall–Kier alpha value is -1.56. The minimum absolute atomic E-state index is 0.00929. The fourth-order valence-electron chi connectivity index (χ4n) is 3.10. The smallest absolute Gasteiger partial charge is 0.396 e. The predicted molar refractivity (Wildman–Crippen MR) is 64.6 cm³/mol. The third-order valence-corrected chi connectivity index (χ3v) is 4.39. The van der Waals surface area contributed by atoms with Crippen molar-refractivity contribution >= 4 is 5.97 Å². The highest BCUT2D eigenvalue weighted by Crippen LogP contribution is 2.73. The lowest BCUT2D eigenvalue weighted by Crippen LogP contribution is -2.35. The van der Waals surface area contributed by atoms with Gasteiger partial charge in [-0.2, -0.15) is 13.2 Å². The van der Waals surface area contributed by atoms with Crippen LogP contribution in [-0.4, -0.2) is 25.2 Å². The lowest BCUT2D eigenvalue weighted by molar-refractivity contribution is -0.196. The molecule has 3 nitrogen and oxygen atoms in total. The van der Waals surface area contributed by atoms with Gasteiger partial charge in [0.1, 0.15) is 6.61 Å². The molecule has 6 heteroatoms. The van der Waals surface area contributed by atoms with Crippen LogP contribution >= 0.6 is 0 Å². The molecule has 1 N–H and O–H groups in total. The van der Waals surface area contributed by atoms with E-state index in [1.165, 1.54) is 0 Å². The first-order valence-electron chi connectivity index (χ1n) is 6.40. The average Bonchev–Trinajstić information content (AvgIpc) is 2.96. The van der Waals surface area contributed by atoms with Crippen LogP contribution in [0.3, 0.4) is 0 Å². The molecule has 1 saturated carbocycles. The van der Waals surface area contributed by atoms with Gasteiger partial charge in [0.15, 0.2) is 0 Å². The summed E-state index contributed by atoms with van der Waals surface area (Å²) in [6, 6.07) is 8.93. The molecule has 3 rings (SSSR count). The van der Waals surface area contributed by atoms with E-state index >= 15 is 0 Å². The van der Waals surface area contributed by atoms with E-state index in [1.807, 2.05) is 6.07 Å². The number of nitrogens with one attached hydrogen (secondary N) is 1. The number of carbonyl (C=O) groups excluding carboxylic acids is 1. The summed E-state index contributed by atoms with van der Waals surface area (Å²) in [7, 11) is 0. The SMILES string of the molecule is O=C(OCc1ccccc1)[C@@]12CNC[C@]1(C(F)(F)F)C2. The summed E-state index contributed by atoms with van der Waals surface area (Å²) in [5.74, 6) is -0.747. The van der Waals surface area contributed by atoms with E-state index in [4.69, 9.17) is 4.74 Å². The van der Waals surface area contributed by atoms with Crippen LogP contribution < -0.4 is 5.32 Å². The highest BCUT2D eigenvalue weighted by Gasteiger charge is 2.85. The van der Waals surface area contributed by atoms with Crippen LogP contribution in [0.1, 0.15) is 12.0 Å². The number of fused-ring (bicyclic) bond motifs is 1. The summed E-state index contributed by atoms with van der Waals surface area (Å²) in [4.78, 5) is 12.1. The van der Waals surface area contributed by atoms with Crippen molar-refractivity contribution in [3.63, 3.8) is 0 Å². The molecule has 0 spiro atoms. The topological polar surface area (TPSA) is 38.3 Å². The van der Waals surface area contributed by atoms with Crippen LogP contribution in [0.15, 0.2) is 30.3 Å². The number of hydrogen-bond acceptors (Lipinski definition) is 3. The quantitative estimate of drug-likeness (QED) is 0.866. The van der Waals surface area contributed by atoms with Gasteiger partial charge in [0.05, 0.1) is 10.8 Å². The molecular formula is C14H14F3NO2. The molecule has 1 aromatic carbocycles. The molecule has 1 heterocycles. The summed E-state index contributed by atoms with van der Waals surface area (Å²) in [5.41, 5.74) is -2.57. The maximum Gasteiger partial charge on any atom is 0.396 e. The lowest BCUT2D eigenvalue weighted by atomic mass is 9.96. The summed E-state index contributed by atoms with van der Waals surface area (Å²) >= 11 is 0. The lowest BCUT2D eigenvalue weighted by Gasteiger charge is -2.19. The first kappa shape index (κ1) is 13.4. The van der Waals surface area contributed by atoms with Crippen LogP contribution in [0.5, 0.6) is 0 Å². The molecule has 2 fully saturated rings. The van der Waals surface area contributed by atoms with Gasteiger partial charge in [-0.15, -0.1) is 0 Å². The molecule has 1 aromatic rings. The second-order valence-electron chi connectivity index (χ2n) is 5.50. The Bertz CT molecular complexity index is 531. The van der Waals surface area contributed by atoms with Crippen LogP contribution in [0.4, 0.5) is 13.2 Å². The van der Waals surface area contributed by atoms with Crippen molar-refractivity contribution in [3.05, 3.63) is 35.9 Å². The zero-order chi connectivity index (χ0) is 14.4. The minimum Gasteiger partial charge on any atom is -0.460 e. The van der Waals surface area contributed by atoms with Crippen molar-refractivity contribution in [1.29, 1.82) is 0 Å². The molecule has 2 aliphatic rings. The van der Waals surface area contributed by atoms with Crippen molar-refractivity contribution in [2.75, 3.05) is 13.1 Å². The van der Waals surface area contributed by atoms with Gasteiger partial charge in [-0.05, 0) is 12.0 Å². The number of halogens is 3. The molecule has 20 heavy (non-hydrogen) atoms. The van der Waals surface area contributed by atoms with Gasteiger partial charge in [-0.1, -0.05) is 30.3 Å². The summed E-state index contributed by atoms with van der Waals surface area (Å²) in [6.45, 7) is -0.146. The second-order valence-corrected chi connectivity index (χ2v) is 5.50. The fourth-order valence-corrected chi connectivity index (χ4v) is 3.10. The first-order valence-corrected chi connectivity index (χ1v) is 6.40. The van der Waals surface area contributed by atoms with Crippen LogP contribution in [-0.2, 0) is 16.1 Å². The van der Waals surface area contributed by atoms with Crippen LogP contribution in [0.2, 0.25) is 0 Å². The van der Waals surface area contributed by atoms with Crippen molar-refractivity contribution in [3.8, 4) is 0 Å².